The van der Waals surface area contributed by atoms with Crippen LogP contribution < -0.4 is 11.1 Å². The maximum absolute atomic E-state index is 11.9. The summed E-state index contributed by atoms with van der Waals surface area (Å²) in [5.41, 5.74) is 8.28. The molecule has 2 rings (SSSR count). The van der Waals surface area contributed by atoms with E-state index < -0.39 is 0 Å². The molecule has 0 atom stereocenters. The van der Waals surface area contributed by atoms with Gasteiger partial charge in [0.1, 0.15) is 0 Å². The quantitative estimate of drug-likeness (QED) is 0.837. The van der Waals surface area contributed by atoms with E-state index in [0.29, 0.717) is 11.3 Å². The molecule has 1 aromatic carbocycles. The van der Waals surface area contributed by atoms with E-state index >= 15 is 0 Å². The average Bonchev–Trinajstić information content (AvgIpc) is 2.46. The number of carbonyl (C=O) groups is 1. The molecule has 1 fully saturated rings. The molecule has 0 heterocycles. The normalized spacial score (nSPS) is 21.9. The van der Waals surface area contributed by atoms with Crippen molar-refractivity contribution in [2.45, 2.75) is 32.6 Å². The van der Waals surface area contributed by atoms with E-state index in [4.69, 9.17) is 5.73 Å². The second-order valence-corrected chi connectivity index (χ2v) is 6.51. The van der Waals surface area contributed by atoms with Gasteiger partial charge in [0.25, 0.3) is 5.91 Å². The van der Waals surface area contributed by atoms with Gasteiger partial charge in [-0.25, -0.2) is 0 Å². The van der Waals surface area contributed by atoms with Gasteiger partial charge in [-0.1, -0.05) is 19.8 Å². The van der Waals surface area contributed by atoms with Crippen molar-refractivity contribution in [3.63, 3.8) is 0 Å². The van der Waals surface area contributed by atoms with Crippen LogP contribution in [0, 0.1) is 11.8 Å². The minimum Gasteiger partial charge on any atom is -0.397 e. The van der Waals surface area contributed by atoms with Gasteiger partial charge < -0.3 is 16.0 Å². The third-order valence-corrected chi connectivity index (χ3v) is 4.42. The number of hydrogen-bond acceptors (Lipinski definition) is 3. The van der Waals surface area contributed by atoms with Gasteiger partial charge in [0.2, 0.25) is 0 Å². The van der Waals surface area contributed by atoms with Gasteiger partial charge in [-0.2, -0.15) is 0 Å². The highest BCUT2D eigenvalue weighted by Crippen LogP contribution is 2.29. The number of anilines is 2. The Labute approximate surface area is 127 Å². The second-order valence-electron chi connectivity index (χ2n) is 6.51. The fraction of sp³-hybridized carbons (Fsp3) is 0.588. The maximum Gasteiger partial charge on any atom is 0.253 e. The van der Waals surface area contributed by atoms with Crippen LogP contribution >= 0.6 is 0 Å². The lowest BCUT2D eigenvalue weighted by Crippen LogP contribution is -2.22. The standard InChI is InChI=1S/C17H27N3O/c1-12-4-6-13(7-5-12)11-19-16-9-8-14(10-15(16)18)17(21)20(2)3/h8-10,12-13,19H,4-7,11,18H2,1-3H3. The molecule has 1 aliphatic rings. The number of nitrogen functional groups attached to an aromatic ring is 1. The van der Waals surface area contributed by atoms with Crippen molar-refractivity contribution in [2.24, 2.45) is 11.8 Å². The monoisotopic (exact) mass is 289 g/mol. The van der Waals surface area contributed by atoms with Crippen LogP contribution in [-0.2, 0) is 0 Å². The van der Waals surface area contributed by atoms with E-state index in [0.717, 1.165) is 24.1 Å². The molecule has 1 aliphatic carbocycles. The first kappa shape index (κ1) is 15.7. The number of carbonyl (C=O) groups excluding carboxylic acids is 1. The Hall–Kier alpha value is -1.71. The van der Waals surface area contributed by atoms with Crippen LogP contribution in [0.15, 0.2) is 18.2 Å². The molecule has 0 unspecified atom stereocenters. The van der Waals surface area contributed by atoms with E-state index in [-0.39, 0.29) is 5.91 Å². The number of hydrogen-bond donors (Lipinski definition) is 2. The molecule has 21 heavy (non-hydrogen) atoms. The van der Waals surface area contributed by atoms with Crippen LogP contribution in [0.4, 0.5) is 11.4 Å². The van der Waals surface area contributed by atoms with Crippen molar-refractivity contribution in [3.05, 3.63) is 23.8 Å². The summed E-state index contributed by atoms with van der Waals surface area (Å²) in [5.74, 6) is 1.60. The predicted octanol–water partition coefficient (Wildman–Crippen LogP) is 3.21. The Kier molecular flexibility index (Phi) is 5.10. The summed E-state index contributed by atoms with van der Waals surface area (Å²) in [6, 6.07) is 5.51. The zero-order chi connectivity index (χ0) is 15.4. The highest BCUT2D eigenvalue weighted by Gasteiger charge is 2.18. The van der Waals surface area contributed by atoms with Crippen molar-refractivity contribution < 1.29 is 4.79 Å². The summed E-state index contributed by atoms with van der Waals surface area (Å²) in [5, 5.41) is 3.44. The van der Waals surface area contributed by atoms with Gasteiger partial charge in [0.15, 0.2) is 0 Å². The lowest BCUT2D eigenvalue weighted by Gasteiger charge is -2.26. The first-order valence-corrected chi connectivity index (χ1v) is 7.82. The molecule has 0 bridgehead atoms. The summed E-state index contributed by atoms with van der Waals surface area (Å²) >= 11 is 0. The molecular weight excluding hydrogens is 262 g/mol. The number of nitrogens with zero attached hydrogens (tertiary/aromatic N) is 1. The van der Waals surface area contributed by atoms with E-state index in [1.165, 1.54) is 25.7 Å². The molecule has 0 aromatic heterocycles. The van der Waals surface area contributed by atoms with Crippen LogP contribution in [0.25, 0.3) is 0 Å². The van der Waals surface area contributed by atoms with Crippen LogP contribution in [0.1, 0.15) is 43.0 Å². The van der Waals surface area contributed by atoms with Gasteiger partial charge in [0, 0.05) is 26.2 Å². The molecule has 4 nitrogen and oxygen atoms in total. The number of nitrogens with one attached hydrogen (secondary N) is 1. The first-order valence-electron chi connectivity index (χ1n) is 7.82. The third kappa shape index (κ3) is 4.13. The number of amides is 1. The first-order chi connectivity index (χ1) is 9.97. The van der Waals surface area contributed by atoms with Crippen molar-refractivity contribution in [1.29, 1.82) is 0 Å². The summed E-state index contributed by atoms with van der Waals surface area (Å²) in [4.78, 5) is 13.5. The minimum absolute atomic E-state index is 0.0190. The predicted molar refractivity (Wildman–Crippen MR) is 88.5 cm³/mol. The molecule has 1 amide bonds. The van der Waals surface area contributed by atoms with E-state index in [1.807, 2.05) is 12.1 Å². The van der Waals surface area contributed by atoms with E-state index in [1.54, 1.807) is 25.1 Å². The van der Waals surface area contributed by atoms with Crippen LogP contribution in [0.3, 0.4) is 0 Å². The van der Waals surface area contributed by atoms with Crippen LogP contribution in [-0.4, -0.2) is 31.4 Å². The number of nitrogens with two attached hydrogens (primary N) is 1. The molecular formula is C17H27N3O. The zero-order valence-corrected chi connectivity index (χ0v) is 13.4. The molecule has 0 aliphatic heterocycles. The fourth-order valence-electron chi connectivity index (χ4n) is 2.90. The Morgan fingerprint density at radius 1 is 1.29 bits per heavy atom. The smallest absolute Gasteiger partial charge is 0.253 e. The lowest BCUT2D eigenvalue weighted by molar-refractivity contribution is 0.0827. The van der Waals surface area contributed by atoms with Crippen LogP contribution in [0.5, 0.6) is 0 Å². The summed E-state index contributed by atoms with van der Waals surface area (Å²) < 4.78 is 0. The molecule has 4 heteroatoms. The zero-order valence-electron chi connectivity index (χ0n) is 13.4. The van der Waals surface area contributed by atoms with Gasteiger partial charge in [0.05, 0.1) is 11.4 Å². The largest absolute Gasteiger partial charge is 0.397 e. The number of benzene rings is 1. The van der Waals surface area contributed by atoms with Crippen LogP contribution in [0.2, 0.25) is 0 Å². The van der Waals surface area contributed by atoms with Crippen molar-refractivity contribution in [2.75, 3.05) is 31.7 Å². The Morgan fingerprint density at radius 2 is 1.95 bits per heavy atom. The molecule has 116 valence electrons. The minimum atomic E-state index is -0.0190. The molecule has 3 N–H and O–H groups in total. The van der Waals surface area contributed by atoms with E-state index in [2.05, 4.69) is 12.2 Å². The Morgan fingerprint density at radius 3 is 2.52 bits per heavy atom. The van der Waals surface area contributed by atoms with Gasteiger partial charge in [-0.05, 0) is 42.9 Å². The molecule has 0 radical (unpaired) electrons. The van der Waals surface area contributed by atoms with Gasteiger partial charge >= 0.3 is 0 Å². The average molecular weight is 289 g/mol. The molecule has 0 saturated heterocycles. The SMILES string of the molecule is CC1CCC(CNc2ccc(C(=O)N(C)C)cc2N)CC1. The fourth-order valence-corrected chi connectivity index (χ4v) is 2.90. The Balaban J connectivity index is 1.93. The van der Waals surface area contributed by atoms with Gasteiger partial charge in [-0.3, -0.25) is 4.79 Å². The topological polar surface area (TPSA) is 58.4 Å². The van der Waals surface area contributed by atoms with Crippen molar-refractivity contribution >= 4 is 17.3 Å². The summed E-state index contributed by atoms with van der Waals surface area (Å²) in [6.07, 6.45) is 5.26. The van der Waals surface area contributed by atoms with Crippen molar-refractivity contribution in [1.82, 2.24) is 4.90 Å². The number of rotatable bonds is 4. The highest BCUT2D eigenvalue weighted by molar-refractivity contribution is 5.95. The summed E-state index contributed by atoms with van der Waals surface area (Å²) in [6.45, 7) is 3.31. The second kappa shape index (κ2) is 6.83. The Bertz CT molecular complexity index is 491. The van der Waals surface area contributed by atoms with Gasteiger partial charge in [-0.15, -0.1) is 0 Å². The molecule has 1 saturated carbocycles. The third-order valence-electron chi connectivity index (χ3n) is 4.42. The van der Waals surface area contributed by atoms with E-state index in [9.17, 15) is 4.79 Å². The lowest BCUT2D eigenvalue weighted by atomic mass is 9.83. The molecule has 1 aromatic rings. The molecule has 0 spiro atoms. The maximum atomic E-state index is 11.9. The van der Waals surface area contributed by atoms with Crippen molar-refractivity contribution in [3.8, 4) is 0 Å². The summed E-state index contributed by atoms with van der Waals surface area (Å²) in [7, 11) is 3.49. The highest BCUT2D eigenvalue weighted by atomic mass is 16.2.